The molecular formula is C20H16ClN5O2. The van der Waals surface area contributed by atoms with E-state index in [9.17, 15) is 4.79 Å². The summed E-state index contributed by atoms with van der Waals surface area (Å²) in [5.41, 5.74) is 1.64. The van der Waals surface area contributed by atoms with E-state index in [1.54, 1.807) is 53.7 Å². The molecule has 140 valence electrons. The third-order valence-corrected chi connectivity index (χ3v) is 4.34. The molecule has 0 unspecified atom stereocenters. The van der Waals surface area contributed by atoms with Crippen LogP contribution in [0.2, 0.25) is 5.02 Å². The zero-order valence-corrected chi connectivity index (χ0v) is 15.5. The van der Waals surface area contributed by atoms with E-state index in [2.05, 4.69) is 20.4 Å². The summed E-state index contributed by atoms with van der Waals surface area (Å²) in [7, 11) is 0. The number of aromatic nitrogens is 4. The Bertz CT molecular complexity index is 1110. The van der Waals surface area contributed by atoms with Gasteiger partial charge in [-0.3, -0.25) is 19.4 Å². The molecule has 3 heterocycles. The summed E-state index contributed by atoms with van der Waals surface area (Å²) in [6.45, 7) is 0.408. The van der Waals surface area contributed by atoms with Crippen LogP contribution in [0.1, 0.15) is 5.56 Å². The number of rotatable bonds is 6. The molecule has 0 saturated carbocycles. The fourth-order valence-corrected chi connectivity index (χ4v) is 2.96. The topological polar surface area (TPSA) is 81.9 Å². The number of fused-ring (bicyclic) bond motifs is 1. The minimum Gasteiger partial charge on any atom is -0.481 e. The van der Waals surface area contributed by atoms with Crippen molar-refractivity contribution < 1.29 is 9.53 Å². The highest BCUT2D eigenvalue weighted by molar-refractivity contribution is 6.35. The molecule has 1 N–H and O–H groups in total. The molecule has 3 aromatic heterocycles. The molecule has 0 aliphatic heterocycles. The van der Waals surface area contributed by atoms with Crippen molar-refractivity contribution in [3.63, 3.8) is 0 Å². The Morgan fingerprint density at radius 3 is 2.89 bits per heavy atom. The van der Waals surface area contributed by atoms with Crippen molar-refractivity contribution in [2.24, 2.45) is 0 Å². The number of amides is 1. The average Bonchev–Trinajstić information content (AvgIpc) is 3.15. The summed E-state index contributed by atoms with van der Waals surface area (Å²) in [6.07, 6.45) is 6.94. The minimum atomic E-state index is -0.314. The van der Waals surface area contributed by atoms with Gasteiger partial charge in [-0.25, -0.2) is 0 Å². The van der Waals surface area contributed by atoms with Crippen LogP contribution in [-0.4, -0.2) is 32.3 Å². The Labute approximate surface area is 165 Å². The second kappa shape index (κ2) is 8.06. The summed E-state index contributed by atoms with van der Waals surface area (Å²) in [6, 6.07) is 12.6. The van der Waals surface area contributed by atoms with Gasteiger partial charge in [0, 0.05) is 36.2 Å². The van der Waals surface area contributed by atoms with Crippen LogP contribution in [0.25, 0.3) is 10.9 Å². The van der Waals surface area contributed by atoms with Gasteiger partial charge in [-0.15, -0.1) is 0 Å². The number of benzene rings is 1. The summed E-state index contributed by atoms with van der Waals surface area (Å²) in [4.78, 5) is 20.6. The van der Waals surface area contributed by atoms with Crippen molar-refractivity contribution in [1.82, 2.24) is 19.7 Å². The van der Waals surface area contributed by atoms with E-state index in [0.29, 0.717) is 28.7 Å². The highest BCUT2D eigenvalue weighted by Crippen LogP contribution is 2.29. The molecule has 0 saturated heterocycles. The highest BCUT2D eigenvalue weighted by atomic mass is 35.5. The van der Waals surface area contributed by atoms with Crippen molar-refractivity contribution in [2.75, 3.05) is 11.9 Å². The van der Waals surface area contributed by atoms with Crippen LogP contribution in [0, 0.1) is 0 Å². The number of hydrogen-bond donors (Lipinski definition) is 1. The van der Waals surface area contributed by atoms with Crippen molar-refractivity contribution in [2.45, 2.75) is 6.54 Å². The number of hydrogen-bond acceptors (Lipinski definition) is 5. The summed E-state index contributed by atoms with van der Waals surface area (Å²) in [5, 5.41) is 8.41. The SMILES string of the molecule is O=C(COc1ccc(Cl)c2cccnc12)Nc1ccn(Cc2cccnc2)n1. The van der Waals surface area contributed by atoms with Gasteiger partial charge in [0.25, 0.3) is 5.91 Å². The Hall–Kier alpha value is -3.45. The Balaban J connectivity index is 1.37. The number of nitrogens with one attached hydrogen (secondary N) is 1. The quantitative estimate of drug-likeness (QED) is 0.541. The zero-order chi connectivity index (χ0) is 19.3. The third kappa shape index (κ3) is 4.10. The first-order valence-electron chi connectivity index (χ1n) is 8.57. The van der Waals surface area contributed by atoms with Gasteiger partial charge in [-0.05, 0) is 35.9 Å². The first-order valence-corrected chi connectivity index (χ1v) is 8.95. The van der Waals surface area contributed by atoms with Crippen LogP contribution in [-0.2, 0) is 11.3 Å². The average molecular weight is 394 g/mol. The predicted octanol–water partition coefficient (Wildman–Crippen LogP) is 3.55. The van der Waals surface area contributed by atoms with Gasteiger partial charge >= 0.3 is 0 Å². The molecule has 1 aromatic carbocycles. The molecule has 0 spiro atoms. The lowest BCUT2D eigenvalue weighted by molar-refractivity contribution is -0.118. The van der Waals surface area contributed by atoms with Crippen molar-refractivity contribution in [3.05, 3.63) is 77.8 Å². The van der Waals surface area contributed by atoms with Gasteiger partial charge < -0.3 is 10.1 Å². The molecule has 7 nitrogen and oxygen atoms in total. The van der Waals surface area contributed by atoms with Crippen molar-refractivity contribution in [1.29, 1.82) is 0 Å². The number of ether oxygens (including phenoxy) is 1. The van der Waals surface area contributed by atoms with E-state index in [-0.39, 0.29) is 12.5 Å². The van der Waals surface area contributed by atoms with E-state index >= 15 is 0 Å². The van der Waals surface area contributed by atoms with Crippen LogP contribution < -0.4 is 10.1 Å². The predicted molar refractivity (Wildman–Crippen MR) is 106 cm³/mol. The van der Waals surface area contributed by atoms with Crippen molar-refractivity contribution in [3.8, 4) is 5.75 Å². The second-order valence-corrected chi connectivity index (χ2v) is 6.45. The molecule has 4 rings (SSSR count). The molecule has 8 heteroatoms. The van der Waals surface area contributed by atoms with Crippen LogP contribution >= 0.6 is 11.6 Å². The number of carbonyl (C=O) groups is 1. The van der Waals surface area contributed by atoms with Gasteiger partial charge in [-0.2, -0.15) is 5.10 Å². The molecule has 0 aliphatic rings. The normalized spacial score (nSPS) is 10.8. The van der Waals surface area contributed by atoms with Gasteiger partial charge in [0.15, 0.2) is 12.4 Å². The molecule has 0 bridgehead atoms. The monoisotopic (exact) mass is 393 g/mol. The number of pyridine rings is 2. The second-order valence-electron chi connectivity index (χ2n) is 6.04. The van der Waals surface area contributed by atoms with E-state index in [4.69, 9.17) is 16.3 Å². The van der Waals surface area contributed by atoms with Gasteiger partial charge in [0.1, 0.15) is 11.3 Å². The zero-order valence-electron chi connectivity index (χ0n) is 14.7. The van der Waals surface area contributed by atoms with E-state index < -0.39 is 0 Å². The smallest absolute Gasteiger partial charge is 0.263 e. The highest BCUT2D eigenvalue weighted by Gasteiger charge is 2.10. The lowest BCUT2D eigenvalue weighted by atomic mass is 10.2. The van der Waals surface area contributed by atoms with E-state index in [0.717, 1.165) is 10.9 Å². The number of halogens is 1. The van der Waals surface area contributed by atoms with Gasteiger partial charge in [-0.1, -0.05) is 17.7 Å². The molecule has 0 atom stereocenters. The summed E-state index contributed by atoms with van der Waals surface area (Å²) < 4.78 is 7.36. The molecule has 0 radical (unpaired) electrons. The lowest BCUT2D eigenvalue weighted by Crippen LogP contribution is -2.20. The fourth-order valence-electron chi connectivity index (χ4n) is 2.75. The summed E-state index contributed by atoms with van der Waals surface area (Å²) in [5.74, 6) is 0.638. The lowest BCUT2D eigenvalue weighted by Gasteiger charge is -2.09. The third-order valence-electron chi connectivity index (χ3n) is 4.01. The molecule has 0 aliphatic carbocycles. The molecular weight excluding hydrogens is 378 g/mol. The standard InChI is InChI=1S/C20H16ClN5O2/c21-16-5-6-17(20-15(16)4-2-9-23-20)28-13-19(27)24-18-7-10-26(25-18)12-14-3-1-8-22-11-14/h1-11H,12-13H2,(H,24,25,27). The first-order chi connectivity index (χ1) is 13.7. The maximum atomic E-state index is 12.2. The fraction of sp³-hybridized carbons (Fsp3) is 0.100. The maximum Gasteiger partial charge on any atom is 0.263 e. The number of carbonyl (C=O) groups excluding carboxylic acids is 1. The summed E-state index contributed by atoms with van der Waals surface area (Å²) >= 11 is 6.17. The Kier molecular flexibility index (Phi) is 5.16. The van der Waals surface area contributed by atoms with Gasteiger partial charge in [0.2, 0.25) is 0 Å². The number of nitrogens with zero attached hydrogens (tertiary/aromatic N) is 4. The van der Waals surface area contributed by atoms with E-state index in [1.807, 2.05) is 18.2 Å². The molecule has 28 heavy (non-hydrogen) atoms. The first kappa shape index (κ1) is 17.9. The molecule has 1 amide bonds. The van der Waals surface area contributed by atoms with Gasteiger partial charge in [0.05, 0.1) is 11.6 Å². The van der Waals surface area contributed by atoms with E-state index in [1.165, 1.54) is 0 Å². The molecule has 4 aromatic rings. The minimum absolute atomic E-state index is 0.164. The largest absolute Gasteiger partial charge is 0.481 e. The number of anilines is 1. The van der Waals surface area contributed by atoms with Crippen molar-refractivity contribution >= 4 is 34.2 Å². The maximum absolute atomic E-state index is 12.2. The molecule has 0 fully saturated rings. The Morgan fingerprint density at radius 1 is 1.14 bits per heavy atom. The van der Waals surface area contributed by atoms with Crippen LogP contribution in [0.5, 0.6) is 5.75 Å². The van der Waals surface area contributed by atoms with Crippen LogP contribution in [0.4, 0.5) is 5.82 Å². The Morgan fingerprint density at radius 2 is 2.04 bits per heavy atom. The van der Waals surface area contributed by atoms with Crippen LogP contribution in [0.15, 0.2) is 67.3 Å². The van der Waals surface area contributed by atoms with Crippen LogP contribution in [0.3, 0.4) is 0 Å².